The zero-order valence-electron chi connectivity index (χ0n) is 34.5. The van der Waals surface area contributed by atoms with Gasteiger partial charge in [-0.2, -0.15) is 0 Å². The fourth-order valence-corrected chi connectivity index (χ4v) is 7.63. The van der Waals surface area contributed by atoms with Gasteiger partial charge >= 0.3 is 17.9 Å². The van der Waals surface area contributed by atoms with Gasteiger partial charge in [0.25, 0.3) is 5.91 Å². The molecule has 0 saturated carbocycles. The molecule has 1 aromatic rings. The van der Waals surface area contributed by atoms with Crippen molar-refractivity contribution >= 4 is 40.9 Å². The van der Waals surface area contributed by atoms with Gasteiger partial charge in [0.2, 0.25) is 6.79 Å². The summed E-state index contributed by atoms with van der Waals surface area (Å²) in [6.45, 7) is 13.4. The molecule has 0 spiro atoms. The molecule has 16 heteroatoms. The van der Waals surface area contributed by atoms with Crippen LogP contribution in [0.5, 0.6) is 11.5 Å². The third kappa shape index (κ3) is 8.74. The minimum atomic E-state index is -2.22. The lowest BCUT2D eigenvalue weighted by Gasteiger charge is -2.40. The number of fused-ring (bicyclic) bond motifs is 14. The number of rotatable bonds is 3. The molecule has 5 rings (SSSR count). The van der Waals surface area contributed by atoms with Crippen molar-refractivity contribution < 1.29 is 73.2 Å². The fraction of sp³-hybridized carbons (Fsp3) is 0.500. The number of esters is 3. The van der Waals surface area contributed by atoms with Crippen molar-refractivity contribution in [1.82, 2.24) is 0 Å². The minimum Gasteiger partial charge on any atom is -0.505 e. The molecule has 58 heavy (non-hydrogen) atoms. The number of nitrogens with one attached hydrogen (secondary N) is 1. The van der Waals surface area contributed by atoms with Crippen LogP contribution < -0.4 is 10.1 Å². The van der Waals surface area contributed by atoms with Crippen LogP contribution >= 0.6 is 0 Å². The van der Waals surface area contributed by atoms with Gasteiger partial charge in [-0.25, -0.2) is 0 Å². The molecule has 1 amide bonds. The van der Waals surface area contributed by atoms with Crippen LogP contribution in [0.15, 0.2) is 52.5 Å². The highest BCUT2D eigenvalue weighted by Gasteiger charge is 2.49. The molecule has 1 aliphatic carbocycles. The zero-order valence-corrected chi connectivity index (χ0v) is 34.5. The van der Waals surface area contributed by atoms with Crippen LogP contribution in [0.2, 0.25) is 0 Å². The lowest BCUT2D eigenvalue weighted by molar-refractivity contribution is -0.181. The summed E-state index contributed by atoms with van der Waals surface area (Å²) < 4.78 is 28.0. The number of hydrogen-bond acceptors (Lipinski definition) is 15. The molecule has 0 aromatic heterocycles. The minimum absolute atomic E-state index is 0.00972. The molecule has 9 atom stereocenters. The first kappa shape index (κ1) is 45.4. The topological polar surface area (TPSA) is 245 Å². The Hall–Kier alpha value is -5.29. The molecule has 4 bridgehead atoms. The second kappa shape index (κ2) is 17.7. The number of phenols is 1. The van der Waals surface area contributed by atoms with E-state index < -0.39 is 95.8 Å². The molecule has 0 fully saturated rings. The molecule has 6 N–H and O–H groups in total. The molecule has 16 nitrogen and oxygen atoms in total. The average molecular weight is 812 g/mol. The average Bonchev–Trinajstić information content (AvgIpc) is 3.16. The summed E-state index contributed by atoms with van der Waals surface area (Å²) in [5.41, 5.74) is -2.49. The van der Waals surface area contributed by atoms with Gasteiger partial charge in [0.15, 0.2) is 11.5 Å². The van der Waals surface area contributed by atoms with Gasteiger partial charge in [-0.05, 0) is 46.3 Å². The summed E-state index contributed by atoms with van der Waals surface area (Å²) >= 11 is 0. The van der Waals surface area contributed by atoms with Gasteiger partial charge in [-0.3, -0.25) is 24.0 Å². The van der Waals surface area contributed by atoms with E-state index >= 15 is 0 Å². The fourth-order valence-electron chi connectivity index (χ4n) is 7.63. The number of aliphatic hydroxyl groups is 4. The Kier molecular flexibility index (Phi) is 13.8. The molecule has 1 aromatic carbocycles. The number of carbonyl (C=O) groups excluding carboxylic acids is 5. The number of aromatic hydroxyl groups is 1. The molecular formula is C42H53NO15. The van der Waals surface area contributed by atoms with E-state index in [0.29, 0.717) is 0 Å². The number of carbonyl (C=O) groups is 5. The Morgan fingerprint density at radius 3 is 2.10 bits per heavy atom. The number of amides is 1. The maximum Gasteiger partial charge on any atom is 0.315 e. The van der Waals surface area contributed by atoms with Gasteiger partial charge in [-0.1, -0.05) is 39.0 Å². The van der Waals surface area contributed by atoms with Crippen molar-refractivity contribution in [3.63, 3.8) is 0 Å². The monoisotopic (exact) mass is 811 g/mol. The van der Waals surface area contributed by atoms with Crippen LogP contribution in [-0.4, -0.2) is 99.1 Å². The SMILES string of the molecule is COC(=O)[C@@H]1[C@H](O)[C@H](C)[C@H](O)[C@H](C)C=CC=C(C)C(=O)Nc2c(C)c(OC(C)=O)c3c(c2O)C(=O)C(C)=C2OCOC(=C23)C(C)=C[C@](C)(O)[C@H](O)[C@@H](C)[C@H]1OC(C)=O. The van der Waals surface area contributed by atoms with Crippen LogP contribution in [0.3, 0.4) is 0 Å². The number of aliphatic hydroxyl groups excluding tert-OH is 3. The summed E-state index contributed by atoms with van der Waals surface area (Å²) in [4.78, 5) is 66.1. The van der Waals surface area contributed by atoms with Gasteiger partial charge in [0, 0.05) is 53.9 Å². The Labute approximate surface area is 336 Å². The molecule has 0 radical (unpaired) electrons. The molecular weight excluding hydrogens is 758 g/mol. The third-order valence-electron chi connectivity index (χ3n) is 10.9. The van der Waals surface area contributed by atoms with Crippen molar-refractivity contribution in [2.24, 2.45) is 23.7 Å². The lowest BCUT2D eigenvalue weighted by Crippen LogP contribution is -2.54. The van der Waals surface area contributed by atoms with Crippen molar-refractivity contribution in [2.45, 2.75) is 99.3 Å². The maximum absolute atomic E-state index is 14.0. The summed E-state index contributed by atoms with van der Waals surface area (Å²) in [6, 6.07) is 0. The number of allylic oxidation sites excluding steroid dienone is 5. The van der Waals surface area contributed by atoms with Gasteiger partial charge in [-0.15, -0.1) is 0 Å². The molecule has 316 valence electrons. The molecule has 3 heterocycles. The van der Waals surface area contributed by atoms with Gasteiger partial charge in [0.1, 0.15) is 34.9 Å². The Morgan fingerprint density at radius 2 is 1.52 bits per heavy atom. The van der Waals surface area contributed by atoms with Crippen molar-refractivity contribution in [3.8, 4) is 11.5 Å². The zero-order chi connectivity index (χ0) is 43.7. The predicted molar refractivity (Wildman–Crippen MR) is 208 cm³/mol. The second-order valence-electron chi connectivity index (χ2n) is 15.3. The van der Waals surface area contributed by atoms with E-state index in [2.05, 4.69) is 5.32 Å². The van der Waals surface area contributed by atoms with E-state index in [1.54, 1.807) is 13.0 Å². The van der Waals surface area contributed by atoms with Crippen molar-refractivity contribution in [2.75, 3.05) is 19.2 Å². The summed E-state index contributed by atoms with van der Waals surface area (Å²) in [7, 11) is 1.06. The van der Waals surface area contributed by atoms with Crippen LogP contribution in [0.4, 0.5) is 5.69 Å². The van der Waals surface area contributed by atoms with E-state index in [-0.39, 0.29) is 61.9 Å². The van der Waals surface area contributed by atoms with E-state index in [4.69, 9.17) is 23.7 Å². The summed E-state index contributed by atoms with van der Waals surface area (Å²) in [5.74, 6) is -9.71. The first-order chi connectivity index (χ1) is 27.0. The molecule has 0 saturated heterocycles. The normalized spacial score (nSPS) is 29.7. The number of methoxy groups -OCH3 is 1. The number of benzene rings is 1. The van der Waals surface area contributed by atoms with Crippen LogP contribution in [0.1, 0.15) is 83.8 Å². The summed E-state index contributed by atoms with van der Waals surface area (Å²) in [5, 5.41) is 61.2. The van der Waals surface area contributed by atoms with E-state index in [0.717, 1.165) is 21.0 Å². The Morgan fingerprint density at radius 1 is 0.897 bits per heavy atom. The standard InChI is InChI=1S/C42H53NO15/c1-17-13-12-14-18(2)40(51)43-30-20(4)37(57-24(8)44)26-27(34(30)49)33(48)22(6)36-28(26)35(55-16-56-36)19(3)15-42(10,53)39(50)23(7)38(58-25(9)45)29(41(52)54-11)32(47)21(5)31(17)46/h12-15,17,21,23,29,31-32,38-39,46-47,49-50,53H,16H2,1-11H3,(H,43,51)/t17-,21-,23+,29-,31-,32-,38-,39-,42+/m1/s1. The largest absolute Gasteiger partial charge is 0.505 e. The van der Waals surface area contributed by atoms with Crippen LogP contribution in [0, 0.1) is 30.6 Å². The maximum atomic E-state index is 14.0. The van der Waals surface area contributed by atoms with E-state index in [9.17, 15) is 49.5 Å². The number of anilines is 1. The third-order valence-corrected chi connectivity index (χ3v) is 10.9. The van der Waals surface area contributed by atoms with E-state index in [1.807, 2.05) is 0 Å². The number of phenolic OH excluding ortho intramolecular Hbond substituents is 1. The quantitative estimate of drug-likeness (QED) is 0.145. The Balaban J connectivity index is 2.10. The smallest absolute Gasteiger partial charge is 0.315 e. The number of Topliss-reactive ketones (excluding diaryl/α,β-unsaturated/α-hetero) is 1. The first-order valence-corrected chi connectivity index (χ1v) is 18.7. The van der Waals surface area contributed by atoms with E-state index in [1.165, 1.54) is 66.7 Å². The van der Waals surface area contributed by atoms with Crippen LogP contribution in [-0.2, 0) is 38.1 Å². The van der Waals surface area contributed by atoms with Crippen molar-refractivity contribution in [1.29, 1.82) is 0 Å². The lowest BCUT2D eigenvalue weighted by atomic mass is 9.75. The molecule has 4 aliphatic rings. The van der Waals surface area contributed by atoms with Gasteiger partial charge in [0.05, 0.1) is 42.2 Å². The van der Waals surface area contributed by atoms with Gasteiger partial charge < -0.3 is 54.5 Å². The second-order valence-corrected chi connectivity index (χ2v) is 15.3. The first-order valence-electron chi connectivity index (χ1n) is 18.7. The molecule has 3 aliphatic heterocycles. The highest BCUT2D eigenvalue weighted by molar-refractivity contribution is 6.21. The Bertz CT molecular complexity index is 2040. The number of ketones is 1. The van der Waals surface area contributed by atoms with Crippen LogP contribution in [0.25, 0.3) is 5.57 Å². The van der Waals surface area contributed by atoms with Crippen molar-refractivity contribution in [3.05, 3.63) is 69.2 Å². The molecule has 0 unspecified atom stereocenters. The number of hydrogen-bond donors (Lipinski definition) is 6. The number of ether oxygens (including phenoxy) is 5. The predicted octanol–water partition coefficient (Wildman–Crippen LogP) is 3.68. The highest BCUT2D eigenvalue weighted by Crippen LogP contribution is 2.53. The highest BCUT2D eigenvalue weighted by atomic mass is 16.7. The summed E-state index contributed by atoms with van der Waals surface area (Å²) in [6.07, 6.45) is -0.811.